The molecular formula is C9H15NO3. The molecule has 4 unspecified atom stereocenters. The van der Waals surface area contributed by atoms with Gasteiger partial charge in [0.25, 0.3) is 0 Å². The summed E-state index contributed by atoms with van der Waals surface area (Å²) >= 11 is 0. The number of rotatable bonds is 2. The average molecular weight is 185 g/mol. The molecule has 0 saturated carbocycles. The molecule has 74 valence electrons. The van der Waals surface area contributed by atoms with Crippen molar-refractivity contribution >= 4 is 5.97 Å². The number of carbonyl (C=O) groups is 1. The Labute approximate surface area is 77.4 Å². The predicted octanol–water partition coefficient (Wildman–Crippen LogP) is -0.0883. The molecule has 4 heteroatoms. The molecule has 0 aromatic heterocycles. The van der Waals surface area contributed by atoms with E-state index < -0.39 is 0 Å². The molecule has 0 radical (unpaired) electrons. The minimum absolute atomic E-state index is 0.0152. The summed E-state index contributed by atoms with van der Waals surface area (Å²) in [5.74, 6) is 0.0359. The molecule has 2 fully saturated rings. The highest BCUT2D eigenvalue weighted by Crippen LogP contribution is 2.39. The Bertz CT molecular complexity index is 219. The van der Waals surface area contributed by atoms with E-state index >= 15 is 0 Å². The number of fused-ring (bicyclic) bond motifs is 1. The Morgan fingerprint density at radius 2 is 2.31 bits per heavy atom. The van der Waals surface area contributed by atoms with E-state index in [9.17, 15) is 4.79 Å². The van der Waals surface area contributed by atoms with Gasteiger partial charge in [0.1, 0.15) is 0 Å². The SMILES string of the molecule is CCC1OC(CN)C2COC(=O)C12. The van der Waals surface area contributed by atoms with E-state index in [-0.39, 0.29) is 30.0 Å². The molecule has 13 heavy (non-hydrogen) atoms. The summed E-state index contributed by atoms with van der Waals surface area (Å²) in [6.07, 6.45) is 0.891. The van der Waals surface area contributed by atoms with Gasteiger partial charge in [-0.3, -0.25) is 4.79 Å². The van der Waals surface area contributed by atoms with Crippen LogP contribution in [-0.2, 0) is 14.3 Å². The van der Waals surface area contributed by atoms with Crippen molar-refractivity contribution in [2.45, 2.75) is 25.6 Å². The van der Waals surface area contributed by atoms with E-state index in [0.29, 0.717) is 13.2 Å². The normalized spacial score (nSPS) is 43.4. The fraction of sp³-hybridized carbons (Fsp3) is 0.889. The summed E-state index contributed by atoms with van der Waals surface area (Å²) in [6, 6.07) is 0. The van der Waals surface area contributed by atoms with Gasteiger partial charge in [-0.1, -0.05) is 6.92 Å². The molecule has 2 N–H and O–H groups in total. The number of hydrogen-bond acceptors (Lipinski definition) is 4. The van der Waals surface area contributed by atoms with Crippen LogP contribution in [0.4, 0.5) is 0 Å². The lowest BCUT2D eigenvalue weighted by Crippen LogP contribution is -2.28. The van der Waals surface area contributed by atoms with Gasteiger partial charge in [0.15, 0.2) is 0 Å². The molecule has 0 spiro atoms. The standard InChI is InChI=1S/C9H15NO3/c1-2-6-8-5(4-12-9(8)11)7(3-10)13-6/h5-8H,2-4,10H2,1H3. The Balaban J connectivity index is 2.16. The smallest absolute Gasteiger partial charge is 0.312 e. The summed E-state index contributed by atoms with van der Waals surface area (Å²) in [6.45, 7) is 2.99. The van der Waals surface area contributed by atoms with Crippen molar-refractivity contribution in [2.24, 2.45) is 17.6 Å². The lowest BCUT2D eigenvalue weighted by atomic mass is 9.89. The Morgan fingerprint density at radius 1 is 1.54 bits per heavy atom. The van der Waals surface area contributed by atoms with Gasteiger partial charge in [-0.25, -0.2) is 0 Å². The van der Waals surface area contributed by atoms with Crippen LogP contribution in [0.1, 0.15) is 13.3 Å². The fourth-order valence-corrected chi connectivity index (χ4v) is 2.31. The zero-order valence-electron chi connectivity index (χ0n) is 7.73. The quantitative estimate of drug-likeness (QED) is 0.611. The molecule has 4 nitrogen and oxygen atoms in total. The van der Waals surface area contributed by atoms with E-state index in [1.54, 1.807) is 0 Å². The third-order valence-electron chi connectivity index (χ3n) is 3.01. The van der Waals surface area contributed by atoms with E-state index in [2.05, 4.69) is 0 Å². The molecule has 2 saturated heterocycles. The zero-order chi connectivity index (χ0) is 9.42. The largest absolute Gasteiger partial charge is 0.465 e. The lowest BCUT2D eigenvalue weighted by Gasteiger charge is -2.13. The summed E-state index contributed by atoms with van der Waals surface area (Å²) in [5, 5.41) is 0. The van der Waals surface area contributed by atoms with Crippen molar-refractivity contribution < 1.29 is 14.3 Å². The van der Waals surface area contributed by atoms with Crippen LogP contribution in [0.5, 0.6) is 0 Å². The van der Waals surface area contributed by atoms with Gasteiger partial charge in [-0.15, -0.1) is 0 Å². The van der Waals surface area contributed by atoms with Crippen LogP contribution < -0.4 is 5.73 Å². The first-order valence-electron chi connectivity index (χ1n) is 4.80. The maximum absolute atomic E-state index is 11.3. The number of cyclic esters (lactones) is 1. The Kier molecular flexibility index (Phi) is 2.26. The third-order valence-corrected chi connectivity index (χ3v) is 3.01. The monoisotopic (exact) mass is 185 g/mol. The summed E-state index contributed by atoms with van der Waals surface area (Å²) in [4.78, 5) is 11.3. The summed E-state index contributed by atoms with van der Waals surface area (Å²) < 4.78 is 10.7. The second-order valence-corrected chi connectivity index (χ2v) is 3.68. The van der Waals surface area contributed by atoms with Crippen molar-refractivity contribution in [3.63, 3.8) is 0 Å². The Hall–Kier alpha value is -0.610. The molecule has 2 rings (SSSR count). The average Bonchev–Trinajstić information content (AvgIpc) is 2.67. The van der Waals surface area contributed by atoms with E-state index in [1.807, 2.05) is 6.92 Å². The molecule has 2 aliphatic rings. The number of nitrogens with two attached hydrogens (primary N) is 1. The van der Waals surface area contributed by atoms with E-state index in [1.165, 1.54) is 0 Å². The number of ether oxygens (including phenoxy) is 2. The highest BCUT2D eigenvalue weighted by atomic mass is 16.6. The number of esters is 1. The highest BCUT2D eigenvalue weighted by molar-refractivity contribution is 5.76. The minimum Gasteiger partial charge on any atom is -0.465 e. The molecule has 0 aliphatic carbocycles. The van der Waals surface area contributed by atoms with Gasteiger partial charge in [0, 0.05) is 12.5 Å². The van der Waals surface area contributed by atoms with Gasteiger partial charge in [-0.05, 0) is 6.42 Å². The maximum Gasteiger partial charge on any atom is 0.312 e. The third kappa shape index (κ3) is 1.25. The maximum atomic E-state index is 11.3. The van der Waals surface area contributed by atoms with Crippen molar-refractivity contribution in [3.05, 3.63) is 0 Å². The van der Waals surface area contributed by atoms with Crippen molar-refractivity contribution in [3.8, 4) is 0 Å². The molecule has 2 aliphatic heterocycles. The van der Waals surface area contributed by atoms with Crippen LogP contribution in [0.25, 0.3) is 0 Å². The number of hydrogen-bond donors (Lipinski definition) is 1. The van der Waals surface area contributed by atoms with Crippen LogP contribution in [0.3, 0.4) is 0 Å². The van der Waals surface area contributed by atoms with Crippen molar-refractivity contribution in [1.29, 1.82) is 0 Å². The van der Waals surface area contributed by atoms with Crippen LogP contribution in [0.2, 0.25) is 0 Å². The van der Waals surface area contributed by atoms with Crippen LogP contribution >= 0.6 is 0 Å². The minimum atomic E-state index is -0.104. The van der Waals surface area contributed by atoms with Gasteiger partial charge in [-0.2, -0.15) is 0 Å². The number of carbonyl (C=O) groups excluding carboxylic acids is 1. The molecular weight excluding hydrogens is 170 g/mol. The summed E-state index contributed by atoms with van der Waals surface area (Å²) in [7, 11) is 0. The molecule has 0 amide bonds. The van der Waals surface area contributed by atoms with Crippen molar-refractivity contribution in [1.82, 2.24) is 0 Å². The first-order valence-corrected chi connectivity index (χ1v) is 4.80. The predicted molar refractivity (Wildman–Crippen MR) is 45.9 cm³/mol. The van der Waals surface area contributed by atoms with Crippen LogP contribution in [0, 0.1) is 11.8 Å². The molecule has 0 aromatic rings. The van der Waals surface area contributed by atoms with Crippen LogP contribution in [0.15, 0.2) is 0 Å². The molecule has 4 atom stereocenters. The second-order valence-electron chi connectivity index (χ2n) is 3.68. The van der Waals surface area contributed by atoms with Crippen LogP contribution in [-0.4, -0.2) is 31.3 Å². The topological polar surface area (TPSA) is 61.6 Å². The molecule has 0 aromatic carbocycles. The highest BCUT2D eigenvalue weighted by Gasteiger charge is 2.52. The zero-order valence-corrected chi connectivity index (χ0v) is 7.73. The summed E-state index contributed by atoms with van der Waals surface area (Å²) in [5.41, 5.74) is 5.56. The molecule has 0 bridgehead atoms. The first kappa shape index (κ1) is 8.97. The van der Waals surface area contributed by atoms with Gasteiger partial charge in [0.05, 0.1) is 24.7 Å². The van der Waals surface area contributed by atoms with E-state index in [4.69, 9.17) is 15.2 Å². The van der Waals surface area contributed by atoms with Gasteiger partial charge < -0.3 is 15.2 Å². The Morgan fingerprint density at radius 3 is 2.92 bits per heavy atom. The fourth-order valence-electron chi connectivity index (χ4n) is 2.31. The lowest BCUT2D eigenvalue weighted by molar-refractivity contribution is -0.144. The van der Waals surface area contributed by atoms with Crippen molar-refractivity contribution in [2.75, 3.05) is 13.2 Å². The second kappa shape index (κ2) is 3.27. The van der Waals surface area contributed by atoms with E-state index in [0.717, 1.165) is 6.42 Å². The van der Waals surface area contributed by atoms with Gasteiger partial charge in [0.2, 0.25) is 0 Å². The first-order chi connectivity index (χ1) is 6.27. The molecule has 2 heterocycles. The van der Waals surface area contributed by atoms with Gasteiger partial charge >= 0.3 is 5.97 Å².